The number of hydrogen-bond acceptors (Lipinski definition) is 6. The van der Waals surface area contributed by atoms with Crippen LogP contribution in [0.2, 0.25) is 0 Å². The summed E-state index contributed by atoms with van der Waals surface area (Å²) in [6.45, 7) is 1.20. The summed E-state index contributed by atoms with van der Waals surface area (Å²) in [6.07, 6.45) is 2.65. The van der Waals surface area contributed by atoms with E-state index in [4.69, 9.17) is 9.47 Å². The van der Waals surface area contributed by atoms with Crippen molar-refractivity contribution in [2.75, 3.05) is 25.2 Å². The molecule has 1 aromatic carbocycles. The highest BCUT2D eigenvalue weighted by Crippen LogP contribution is 2.26. The van der Waals surface area contributed by atoms with E-state index < -0.39 is 27.8 Å². The summed E-state index contributed by atoms with van der Waals surface area (Å²) < 4.78 is 33.8. The molecule has 0 radical (unpaired) electrons. The van der Waals surface area contributed by atoms with E-state index in [0.717, 1.165) is 19.3 Å². The highest BCUT2D eigenvalue weighted by molar-refractivity contribution is 7.91. The minimum atomic E-state index is -3.09. The van der Waals surface area contributed by atoms with Crippen LogP contribution in [0, 0.1) is 0 Å². The lowest BCUT2D eigenvalue weighted by Gasteiger charge is -2.26. The molecule has 0 spiro atoms. The molecule has 2 atom stereocenters. The van der Waals surface area contributed by atoms with Gasteiger partial charge in [-0.05, 0) is 55.9 Å². The molecular weight excluding hydrogens is 370 g/mol. The zero-order chi connectivity index (χ0) is 19.6. The van der Waals surface area contributed by atoms with Crippen molar-refractivity contribution in [1.82, 2.24) is 4.90 Å². The molecule has 0 bridgehead atoms. The number of sulfone groups is 1. The molecule has 1 aromatic rings. The molecule has 1 aliphatic heterocycles. The second-order valence-electron chi connectivity index (χ2n) is 7.21. The van der Waals surface area contributed by atoms with E-state index in [0.29, 0.717) is 12.2 Å². The van der Waals surface area contributed by atoms with Crippen LogP contribution in [-0.4, -0.2) is 62.5 Å². The predicted molar refractivity (Wildman–Crippen MR) is 99.3 cm³/mol. The number of ether oxygens (including phenoxy) is 2. The SMILES string of the molecule is C[C@@H](OC(=O)COc1ccc2c(c1)CCC2)C(=O)N(C)[C@H]1CCS(=O)(=O)C1. The molecule has 0 unspecified atom stereocenters. The molecule has 3 rings (SSSR count). The number of nitrogens with zero attached hydrogens (tertiary/aromatic N) is 1. The summed E-state index contributed by atoms with van der Waals surface area (Å²) in [7, 11) is -1.55. The molecule has 2 aliphatic rings. The van der Waals surface area contributed by atoms with E-state index in [-0.39, 0.29) is 24.2 Å². The number of benzene rings is 1. The van der Waals surface area contributed by atoms with Gasteiger partial charge < -0.3 is 14.4 Å². The van der Waals surface area contributed by atoms with Crippen molar-refractivity contribution < 1.29 is 27.5 Å². The predicted octanol–water partition coefficient (Wildman–Crippen LogP) is 1.13. The van der Waals surface area contributed by atoms with Gasteiger partial charge in [-0.1, -0.05) is 6.07 Å². The number of likely N-dealkylation sites (N-methyl/N-ethyl adjacent to an activating group) is 1. The number of rotatable bonds is 6. The number of carbonyl (C=O) groups is 2. The highest BCUT2D eigenvalue weighted by atomic mass is 32.2. The van der Waals surface area contributed by atoms with Crippen molar-refractivity contribution in [3.63, 3.8) is 0 Å². The Morgan fingerprint density at radius 2 is 2.00 bits per heavy atom. The zero-order valence-corrected chi connectivity index (χ0v) is 16.5. The average molecular weight is 395 g/mol. The second-order valence-corrected chi connectivity index (χ2v) is 9.44. The molecule has 0 N–H and O–H groups in total. The first-order valence-electron chi connectivity index (χ1n) is 9.16. The third-order valence-corrected chi connectivity index (χ3v) is 6.94. The van der Waals surface area contributed by atoms with Gasteiger partial charge in [-0.2, -0.15) is 0 Å². The largest absolute Gasteiger partial charge is 0.482 e. The van der Waals surface area contributed by atoms with Gasteiger partial charge in [0.2, 0.25) is 0 Å². The first kappa shape index (κ1) is 19.7. The number of aryl methyl sites for hydroxylation is 2. The van der Waals surface area contributed by atoms with Crippen LogP contribution < -0.4 is 4.74 Å². The maximum Gasteiger partial charge on any atom is 0.344 e. The van der Waals surface area contributed by atoms with Gasteiger partial charge in [-0.15, -0.1) is 0 Å². The van der Waals surface area contributed by atoms with E-state index in [1.165, 1.54) is 23.0 Å². The molecule has 0 saturated carbocycles. The van der Waals surface area contributed by atoms with E-state index >= 15 is 0 Å². The number of hydrogen-bond donors (Lipinski definition) is 0. The van der Waals surface area contributed by atoms with Crippen LogP contribution in [0.5, 0.6) is 5.75 Å². The minimum Gasteiger partial charge on any atom is -0.482 e. The van der Waals surface area contributed by atoms with E-state index in [9.17, 15) is 18.0 Å². The number of carbonyl (C=O) groups excluding carboxylic acids is 2. The second kappa shape index (κ2) is 7.88. The maximum atomic E-state index is 12.4. The van der Waals surface area contributed by atoms with Gasteiger partial charge in [0.25, 0.3) is 5.91 Å². The number of amides is 1. The first-order valence-corrected chi connectivity index (χ1v) is 11.0. The van der Waals surface area contributed by atoms with Crippen molar-refractivity contribution in [3.8, 4) is 5.75 Å². The number of fused-ring (bicyclic) bond motifs is 1. The van der Waals surface area contributed by atoms with Crippen molar-refractivity contribution in [2.24, 2.45) is 0 Å². The van der Waals surface area contributed by atoms with Crippen molar-refractivity contribution in [2.45, 2.75) is 44.8 Å². The smallest absolute Gasteiger partial charge is 0.344 e. The Kier molecular flexibility index (Phi) is 5.74. The summed E-state index contributed by atoms with van der Waals surface area (Å²) in [4.78, 5) is 25.8. The van der Waals surface area contributed by atoms with Crippen LogP contribution >= 0.6 is 0 Å². The highest BCUT2D eigenvalue weighted by Gasteiger charge is 2.34. The summed E-state index contributed by atoms with van der Waals surface area (Å²) >= 11 is 0. The lowest BCUT2D eigenvalue weighted by atomic mass is 10.1. The topological polar surface area (TPSA) is 90.0 Å². The summed E-state index contributed by atoms with van der Waals surface area (Å²) in [6, 6.07) is 5.42. The lowest BCUT2D eigenvalue weighted by Crippen LogP contribution is -2.44. The fraction of sp³-hybridized carbons (Fsp3) is 0.579. The molecule has 7 nitrogen and oxygen atoms in total. The first-order chi connectivity index (χ1) is 12.7. The van der Waals surface area contributed by atoms with Crippen LogP contribution in [0.1, 0.15) is 30.9 Å². The Morgan fingerprint density at radius 3 is 2.70 bits per heavy atom. The molecule has 0 aromatic heterocycles. The molecule has 1 heterocycles. The van der Waals surface area contributed by atoms with Gasteiger partial charge in [0, 0.05) is 13.1 Å². The van der Waals surface area contributed by atoms with Crippen LogP contribution in [-0.2, 0) is 37.0 Å². The van der Waals surface area contributed by atoms with Gasteiger partial charge >= 0.3 is 5.97 Å². The summed E-state index contributed by atoms with van der Waals surface area (Å²) in [5.41, 5.74) is 2.57. The number of esters is 1. The average Bonchev–Trinajstić information content (AvgIpc) is 3.23. The molecule has 1 fully saturated rings. The van der Waals surface area contributed by atoms with Gasteiger partial charge in [-0.25, -0.2) is 13.2 Å². The summed E-state index contributed by atoms with van der Waals surface area (Å²) in [5.74, 6) is -0.401. The van der Waals surface area contributed by atoms with Crippen LogP contribution in [0.4, 0.5) is 0 Å². The Hall–Kier alpha value is -2.09. The molecule has 8 heteroatoms. The Balaban J connectivity index is 1.47. The normalized spacial score (nSPS) is 21.3. The third-order valence-electron chi connectivity index (χ3n) is 5.19. The van der Waals surface area contributed by atoms with Crippen molar-refractivity contribution in [1.29, 1.82) is 0 Å². The van der Waals surface area contributed by atoms with Crippen LogP contribution in [0.15, 0.2) is 18.2 Å². The maximum absolute atomic E-state index is 12.4. The summed E-state index contributed by atoms with van der Waals surface area (Å²) in [5, 5.41) is 0. The molecule has 1 aliphatic carbocycles. The Labute approximate surface area is 159 Å². The zero-order valence-electron chi connectivity index (χ0n) is 15.6. The minimum absolute atomic E-state index is 0.0443. The molecular formula is C19H25NO6S. The fourth-order valence-corrected chi connectivity index (χ4v) is 5.38. The fourth-order valence-electron chi connectivity index (χ4n) is 3.61. The van der Waals surface area contributed by atoms with Crippen LogP contribution in [0.25, 0.3) is 0 Å². The van der Waals surface area contributed by atoms with Gasteiger partial charge in [0.05, 0.1) is 11.5 Å². The third kappa shape index (κ3) is 4.80. The van der Waals surface area contributed by atoms with E-state index in [1.54, 1.807) is 7.05 Å². The molecule has 1 amide bonds. The Bertz CT molecular complexity index is 835. The van der Waals surface area contributed by atoms with E-state index in [2.05, 4.69) is 0 Å². The molecule has 27 heavy (non-hydrogen) atoms. The van der Waals surface area contributed by atoms with E-state index in [1.807, 2.05) is 18.2 Å². The van der Waals surface area contributed by atoms with Crippen molar-refractivity contribution in [3.05, 3.63) is 29.3 Å². The van der Waals surface area contributed by atoms with Gasteiger partial charge in [0.15, 0.2) is 22.5 Å². The monoisotopic (exact) mass is 395 g/mol. The van der Waals surface area contributed by atoms with Crippen LogP contribution in [0.3, 0.4) is 0 Å². The standard InChI is InChI=1S/C19H25NO6S/c1-13(19(22)20(2)16-8-9-27(23,24)12-16)26-18(21)11-25-17-7-6-14-4-3-5-15(14)10-17/h6-7,10,13,16H,3-5,8-9,11-12H2,1-2H3/t13-,16+/m1/s1. The van der Waals surface area contributed by atoms with Crippen molar-refractivity contribution >= 4 is 21.7 Å². The lowest BCUT2D eigenvalue weighted by molar-refractivity contribution is -0.160. The Morgan fingerprint density at radius 1 is 1.26 bits per heavy atom. The quantitative estimate of drug-likeness (QED) is 0.671. The van der Waals surface area contributed by atoms with Gasteiger partial charge in [0.1, 0.15) is 5.75 Å². The molecule has 1 saturated heterocycles. The molecule has 148 valence electrons. The van der Waals surface area contributed by atoms with Gasteiger partial charge in [-0.3, -0.25) is 4.79 Å².